The number of nitrogens with zero attached hydrogens (tertiary/aromatic N) is 4. The Morgan fingerprint density at radius 2 is 1.90 bits per heavy atom. The number of benzene rings is 1. The number of imidazole rings is 1. The zero-order chi connectivity index (χ0) is 22.1. The number of fused-ring (bicyclic) bond motifs is 1. The Labute approximate surface area is 179 Å². The van der Waals surface area contributed by atoms with Crippen molar-refractivity contribution in [1.82, 2.24) is 24.1 Å². The summed E-state index contributed by atoms with van der Waals surface area (Å²) < 4.78 is 2.41. The second kappa shape index (κ2) is 8.17. The standard InChI is InChI=1S/C20H17ClN6O4/c1-26-18-17(19(30)25-20(26)31)27(15(10-28)24-18)9-16(29)23-14-4-2-3-13(22-14)11-5-7-12(21)8-6-11/h2-8,28H,9-10H2,1H3,(H,22,23,29)(H,25,30,31). The van der Waals surface area contributed by atoms with Crippen molar-refractivity contribution in [2.45, 2.75) is 13.2 Å². The Balaban J connectivity index is 1.63. The molecule has 0 saturated carbocycles. The molecule has 0 bridgehead atoms. The molecule has 1 aromatic carbocycles. The van der Waals surface area contributed by atoms with Gasteiger partial charge in [0.25, 0.3) is 5.56 Å². The number of carbonyl (C=O) groups is 1. The number of amides is 1. The molecule has 0 fully saturated rings. The van der Waals surface area contributed by atoms with Gasteiger partial charge in [-0.25, -0.2) is 14.8 Å². The molecule has 0 unspecified atom stereocenters. The predicted octanol–water partition coefficient (Wildman–Crippen LogP) is 1.27. The van der Waals surface area contributed by atoms with Gasteiger partial charge in [0.05, 0.1) is 5.69 Å². The number of carbonyl (C=O) groups excluding carboxylic acids is 1. The van der Waals surface area contributed by atoms with Gasteiger partial charge in [0.1, 0.15) is 24.8 Å². The Kier molecular flexibility index (Phi) is 5.40. The van der Waals surface area contributed by atoms with Crippen LogP contribution < -0.4 is 16.6 Å². The number of nitrogens with one attached hydrogen (secondary N) is 2. The van der Waals surface area contributed by atoms with Gasteiger partial charge in [-0.15, -0.1) is 0 Å². The van der Waals surface area contributed by atoms with Crippen LogP contribution in [-0.4, -0.2) is 35.1 Å². The lowest BCUT2D eigenvalue weighted by atomic mass is 10.1. The van der Waals surface area contributed by atoms with E-state index in [1.54, 1.807) is 30.3 Å². The van der Waals surface area contributed by atoms with Crippen LogP contribution in [0.25, 0.3) is 22.4 Å². The average molecular weight is 441 g/mol. The van der Waals surface area contributed by atoms with Gasteiger partial charge in [-0.2, -0.15) is 0 Å². The first-order valence-corrected chi connectivity index (χ1v) is 9.57. The van der Waals surface area contributed by atoms with Crippen LogP contribution in [0.3, 0.4) is 0 Å². The van der Waals surface area contributed by atoms with E-state index in [1.165, 1.54) is 11.6 Å². The zero-order valence-corrected chi connectivity index (χ0v) is 17.1. The van der Waals surface area contributed by atoms with Gasteiger partial charge in [-0.1, -0.05) is 29.8 Å². The maximum absolute atomic E-state index is 12.7. The van der Waals surface area contributed by atoms with Crippen LogP contribution in [0.1, 0.15) is 5.82 Å². The molecule has 0 aliphatic heterocycles. The number of hydrogen-bond acceptors (Lipinski definition) is 6. The molecule has 0 radical (unpaired) electrons. The minimum atomic E-state index is -0.694. The van der Waals surface area contributed by atoms with Gasteiger partial charge in [0.2, 0.25) is 5.91 Å². The van der Waals surface area contributed by atoms with E-state index in [2.05, 4.69) is 20.3 Å². The fraction of sp³-hybridized carbons (Fsp3) is 0.150. The summed E-state index contributed by atoms with van der Waals surface area (Å²) in [6, 6.07) is 12.3. The van der Waals surface area contributed by atoms with Crippen molar-refractivity contribution >= 4 is 34.5 Å². The van der Waals surface area contributed by atoms with E-state index in [4.69, 9.17) is 11.6 Å². The highest BCUT2D eigenvalue weighted by Gasteiger charge is 2.19. The molecule has 10 nitrogen and oxygen atoms in total. The largest absolute Gasteiger partial charge is 0.388 e. The van der Waals surface area contributed by atoms with Crippen LogP contribution in [0.2, 0.25) is 5.02 Å². The Morgan fingerprint density at radius 3 is 2.61 bits per heavy atom. The molecule has 4 rings (SSSR count). The van der Waals surface area contributed by atoms with Gasteiger partial charge in [-0.3, -0.25) is 19.1 Å². The summed E-state index contributed by atoms with van der Waals surface area (Å²) in [6.45, 7) is -0.819. The number of aliphatic hydroxyl groups excluding tert-OH is 1. The first-order valence-electron chi connectivity index (χ1n) is 9.19. The number of halogens is 1. The molecule has 0 atom stereocenters. The monoisotopic (exact) mass is 440 g/mol. The van der Waals surface area contributed by atoms with Crippen molar-refractivity contribution in [3.63, 3.8) is 0 Å². The quantitative estimate of drug-likeness (QED) is 0.427. The van der Waals surface area contributed by atoms with Crippen molar-refractivity contribution < 1.29 is 9.90 Å². The Hall–Kier alpha value is -3.76. The molecule has 11 heteroatoms. The summed E-state index contributed by atoms with van der Waals surface area (Å²) in [5.74, 6) is -0.0866. The van der Waals surface area contributed by atoms with Gasteiger partial charge in [-0.05, 0) is 24.3 Å². The Morgan fingerprint density at radius 1 is 1.16 bits per heavy atom. The van der Waals surface area contributed by atoms with Crippen molar-refractivity contribution in [2.24, 2.45) is 7.05 Å². The number of aromatic nitrogens is 5. The second-order valence-corrected chi connectivity index (χ2v) is 7.16. The summed E-state index contributed by atoms with van der Waals surface area (Å²) >= 11 is 5.92. The van der Waals surface area contributed by atoms with Gasteiger partial charge < -0.3 is 15.0 Å². The molecule has 31 heavy (non-hydrogen) atoms. The molecule has 3 N–H and O–H groups in total. The molecule has 3 heterocycles. The molecule has 0 saturated heterocycles. The predicted molar refractivity (Wildman–Crippen MR) is 115 cm³/mol. The van der Waals surface area contributed by atoms with Crippen LogP contribution in [0.5, 0.6) is 0 Å². The van der Waals surface area contributed by atoms with Crippen molar-refractivity contribution in [2.75, 3.05) is 5.32 Å². The van der Waals surface area contributed by atoms with Crippen LogP contribution in [0.15, 0.2) is 52.1 Å². The van der Waals surface area contributed by atoms with E-state index in [-0.39, 0.29) is 23.5 Å². The van der Waals surface area contributed by atoms with Crippen LogP contribution in [0, 0.1) is 0 Å². The summed E-state index contributed by atoms with van der Waals surface area (Å²) in [5.41, 5.74) is 0.235. The number of aromatic amines is 1. The molecule has 158 valence electrons. The van der Waals surface area contributed by atoms with Crippen molar-refractivity contribution in [3.05, 3.63) is 74.1 Å². The maximum Gasteiger partial charge on any atom is 0.329 e. The molecule has 0 aliphatic rings. The third-order valence-corrected chi connectivity index (χ3v) is 4.94. The summed E-state index contributed by atoms with van der Waals surface area (Å²) in [5, 5.41) is 12.9. The number of aryl methyl sites for hydroxylation is 1. The van der Waals surface area contributed by atoms with E-state index in [1.807, 2.05) is 12.1 Å². The van der Waals surface area contributed by atoms with Gasteiger partial charge in [0, 0.05) is 17.6 Å². The lowest BCUT2D eigenvalue weighted by Gasteiger charge is -2.09. The van der Waals surface area contributed by atoms with E-state index >= 15 is 0 Å². The van der Waals surface area contributed by atoms with Gasteiger partial charge in [0.15, 0.2) is 11.2 Å². The SMILES string of the molecule is Cn1c(=O)[nH]c(=O)c2c1nc(CO)n2CC(=O)Nc1cccc(-c2ccc(Cl)cc2)n1. The smallest absolute Gasteiger partial charge is 0.329 e. The topological polar surface area (TPSA) is 135 Å². The molecule has 4 aromatic rings. The van der Waals surface area contributed by atoms with Crippen LogP contribution in [-0.2, 0) is 25.0 Å². The van der Waals surface area contributed by atoms with E-state index in [9.17, 15) is 19.5 Å². The van der Waals surface area contributed by atoms with Crippen molar-refractivity contribution in [1.29, 1.82) is 0 Å². The van der Waals surface area contributed by atoms with E-state index in [0.717, 1.165) is 10.1 Å². The third kappa shape index (κ3) is 3.98. The number of anilines is 1. The van der Waals surface area contributed by atoms with E-state index < -0.39 is 23.8 Å². The van der Waals surface area contributed by atoms with E-state index in [0.29, 0.717) is 16.5 Å². The van der Waals surface area contributed by atoms with Crippen LogP contribution in [0.4, 0.5) is 5.82 Å². The number of H-pyrrole nitrogens is 1. The summed E-state index contributed by atoms with van der Waals surface area (Å²) in [6.07, 6.45) is 0. The second-order valence-electron chi connectivity index (χ2n) is 6.73. The highest BCUT2D eigenvalue weighted by Crippen LogP contribution is 2.21. The number of hydrogen-bond donors (Lipinski definition) is 3. The minimum absolute atomic E-state index is 0.0178. The highest BCUT2D eigenvalue weighted by molar-refractivity contribution is 6.30. The normalized spacial score (nSPS) is 11.1. The number of aliphatic hydroxyl groups is 1. The average Bonchev–Trinajstić information content (AvgIpc) is 3.11. The Bertz CT molecular complexity index is 1400. The van der Waals surface area contributed by atoms with Crippen molar-refractivity contribution in [3.8, 4) is 11.3 Å². The maximum atomic E-state index is 12.7. The highest BCUT2D eigenvalue weighted by atomic mass is 35.5. The third-order valence-electron chi connectivity index (χ3n) is 4.69. The fourth-order valence-corrected chi connectivity index (χ4v) is 3.31. The summed E-state index contributed by atoms with van der Waals surface area (Å²) in [7, 11) is 1.44. The first kappa shape index (κ1) is 20.5. The molecule has 0 spiro atoms. The molecular formula is C20H17ClN6O4. The molecule has 0 aliphatic carbocycles. The molecular weight excluding hydrogens is 424 g/mol. The fourth-order valence-electron chi connectivity index (χ4n) is 3.18. The summed E-state index contributed by atoms with van der Waals surface area (Å²) in [4.78, 5) is 47.5. The zero-order valence-electron chi connectivity index (χ0n) is 16.3. The minimum Gasteiger partial charge on any atom is -0.388 e. The lowest BCUT2D eigenvalue weighted by Crippen LogP contribution is -2.30. The number of pyridine rings is 1. The van der Waals surface area contributed by atoms with Gasteiger partial charge >= 0.3 is 5.69 Å². The first-order chi connectivity index (χ1) is 14.9. The molecule has 3 aromatic heterocycles. The number of rotatable bonds is 5. The van der Waals surface area contributed by atoms with Crippen LogP contribution >= 0.6 is 11.6 Å². The lowest BCUT2D eigenvalue weighted by molar-refractivity contribution is -0.116. The molecule has 1 amide bonds.